The Balaban J connectivity index is 1.31. The zero-order valence-electron chi connectivity index (χ0n) is 20.6. The number of aromatic nitrogens is 2. The Morgan fingerprint density at radius 3 is 2.64 bits per heavy atom. The number of aryl methyl sites for hydroxylation is 1. The molecule has 5 rings (SSSR count). The molecule has 0 atom stereocenters. The minimum absolute atomic E-state index is 0.241. The van der Waals surface area contributed by atoms with Crippen LogP contribution in [0.25, 0.3) is 21.5 Å². The molecule has 2 aromatic heterocycles. The van der Waals surface area contributed by atoms with E-state index in [0.29, 0.717) is 11.6 Å². The smallest absolute Gasteiger partial charge is 0.319 e. The number of thiazole rings is 1. The average molecular weight is 523 g/mol. The summed E-state index contributed by atoms with van der Waals surface area (Å²) in [7, 11) is 2.17. The number of rotatable bonds is 7. The topological polar surface area (TPSA) is 65.4 Å². The van der Waals surface area contributed by atoms with E-state index in [1.54, 1.807) is 11.3 Å². The van der Waals surface area contributed by atoms with Gasteiger partial charge >= 0.3 is 6.03 Å². The first-order valence-electron chi connectivity index (χ1n) is 12.3. The molecule has 1 aliphatic heterocycles. The molecule has 0 spiro atoms. The van der Waals surface area contributed by atoms with Gasteiger partial charge in [-0.25, -0.2) is 9.78 Å². The highest BCUT2D eigenvalue weighted by Gasteiger charge is 2.17. The van der Waals surface area contributed by atoms with Crippen molar-refractivity contribution in [3.8, 4) is 10.6 Å². The zero-order chi connectivity index (χ0) is 25.1. The van der Waals surface area contributed by atoms with Gasteiger partial charge in [-0.05, 0) is 49.9 Å². The van der Waals surface area contributed by atoms with Crippen molar-refractivity contribution in [2.45, 2.75) is 26.6 Å². The van der Waals surface area contributed by atoms with Gasteiger partial charge in [0, 0.05) is 73.4 Å². The third-order valence-electron chi connectivity index (χ3n) is 6.62. The van der Waals surface area contributed by atoms with Gasteiger partial charge in [-0.2, -0.15) is 0 Å². The number of fused-ring (bicyclic) bond motifs is 1. The fourth-order valence-electron chi connectivity index (χ4n) is 4.49. The van der Waals surface area contributed by atoms with E-state index in [1.165, 1.54) is 0 Å². The lowest BCUT2D eigenvalue weighted by atomic mass is 10.1. The van der Waals surface area contributed by atoms with Crippen LogP contribution in [0.3, 0.4) is 0 Å². The summed E-state index contributed by atoms with van der Waals surface area (Å²) in [5.41, 5.74) is 5.05. The number of urea groups is 1. The number of carbonyl (C=O) groups excluding carboxylic acids is 1. The number of amides is 2. The molecule has 0 bridgehead atoms. The molecule has 0 unspecified atom stereocenters. The van der Waals surface area contributed by atoms with Crippen molar-refractivity contribution in [1.29, 1.82) is 0 Å². The van der Waals surface area contributed by atoms with Crippen molar-refractivity contribution in [1.82, 2.24) is 24.7 Å². The molecule has 188 valence electrons. The standard InChI is InChI=1S/C27H31ClN6OS/c1-3-34-17-24(31-27(35)29-15-19-4-7-21(28)8-5-19)23-14-20(6-9-25(23)34)26-30-22(18-36-26)16-33-12-10-32(2)11-13-33/h4-9,14,17-18H,3,10-13,15-16H2,1-2H3,(H2,29,31,35). The maximum Gasteiger partial charge on any atom is 0.319 e. The van der Waals surface area contributed by atoms with E-state index in [-0.39, 0.29) is 6.03 Å². The lowest BCUT2D eigenvalue weighted by molar-refractivity contribution is 0.147. The summed E-state index contributed by atoms with van der Waals surface area (Å²) in [5.74, 6) is 0. The third kappa shape index (κ3) is 5.73. The van der Waals surface area contributed by atoms with Crippen LogP contribution in [0.15, 0.2) is 54.0 Å². The molecule has 0 aliphatic carbocycles. The zero-order valence-corrected chi connectivity index (χ0v) is 22.2. The molecule has 36 heavy (non-hydrogen) atoms. The summed E-state index contributed by atoms with van der Waals surface area (Å²) in [4.78, 5) is 22.5. The molecule has 0 saturated carbocycles. The second kappa shape index (κ2) is 11.0. The van der Waals surface area contributed by atoms with Gasteiger partial charge in [0.1, 0.15) is 5.01 Å². The fraction of sp³-hybridized carbons (Fsp3) is 0.333. The largest absolute Gasteiger partial charge is 0.346 e. The first kappa shape index (κ1) is 24.8. The molecule has 7 nitrogen and oxygen atoms in total. The van der Waals surface area contributed by atoms with Crippen LogP contribution in [0, 0.1) is 0 Å². The minimum Gasteiger partial charge on any atom is -0.346 e. The Morgan fingerprint density at radius 1 is 1.11 bits per heavy atom. The summed E-state index contributed by atoms with van der Waals surface area (Å²) in [6.07, 6.45) is 2.00. The highest BCUT2D eigenvalue weighted by Crippen LogP contribution is 2.32. The number of likely N-dealkylation sites (N-methyl/N-ethyl adjacent to an activating group) is 1. The third-order valence-corrected chi connectivity index (χ3v) is 7.81. The summed E-state index contributed by atoms with van der Waals surface area (Å²) in [6, 6.07) is 13.6. The van der Waals surface area contributed by atoms with Gasteiger partial charge in [-0.3, -0.25) is 4.90 Å². The Bertz CT molecular complexity index is 1340. The number of halogens is 1. The van der Waals surface area contributed by atoms with Gasteiger partial charge in [0.05, 0.1) is 16.9 Å². The monoisotopic (exact) mass is 522 g/mol. The first-order valence-corrected chi connectivity index (χ1v) is 13.5. The van der Waals surface area contributed by atoms with Crippen molar-refractivity contribution < 1.29 is 4.79 Å². The molecule has 2 amide bonds. The fourth-order valence-corrected chi connectivity index (χ4v) is 5.42. The van der Waals surface area contributed by atoms with Crippen LogP contribution >= 0.6 is 22.9 Å². The minimum atomic E-state index is -0.241. The predicted molar refractivity (Wildman–Crippen MR) is 149 cm³/mol. The Labute approximate surface area is 220 Å². The highest BCUT2D eigenvalue weighted by atomic mass is 35.5. The normalized spacial score (nSPS) is 14.9. The lowest BCUT2D eigenvalue weighted by Gasteiger charge is -2.31. The SMILES string of the molecule is CCn1cc(NC(=O)NCc2ccc(Cl)cc2)c2cc(-c3nc(CN4CCN(C)CC4)cs3)ccc21. The van der Waals surface area contributed by atoms with E-state index < -0.39 is 0 Å². The van der Waals surface area contributed by atoms with E-state index in [0.717, 1.165) is 77.7 Å². The van der Waals surface area contributed by atoms with Crippen molar-refractivity contribution in [3.05, 3.63) is 70.3 Å². The van der Waals surface area contributed by atoms with E-state index in [4.69, 9.17) is 16.6 Å². The van der Waals surface area contributed by atoms with Crippen LogP contribution in [-0.4, -0.2) is 58.6 Å². The molecule has 1 saturated heterocycles. The van der Waals surface area contributed by atoms with Crippen LogP contribution in [-0.2, 0) is 19.6 Å². The number of nitrogens with one attached hydrogen (secondary N) is 2. The lowest BCUT2D eigenvalue weighted by Crippen LogP contribution is -2.43. The Kier molecular flexibility index (Phi) is 7.57. The molecule has 2 N–H and O–H groups in total. The van der Waals surface area contributed by atoms with Gasteiger partial charge in [-0.1, -0.05) is 23.7 Å². The molecule has 3 heterocycles. The Hall–Kier alpha value is -2.91. The van der Waals surface area contributed by atoms with E-state index >= 15 is 0 Å². The first-order chi connectivity index (χ1) is 17.5. The van der Waals surface area contributed by atoms with Gasteiger partial charge < -0.3 is 20.1 Å². The summed E-state index contributed by atoms with van der Waals surface area (Å²) >= 11 is 7.63. The van der Waals surface area contributed by atoms with Gasteiger partial charge in [-0.15, -0.1) is 11.3 Å². The number of hydrogen-bond acceptors (Lipinski definition) is 5. The van der Waals surface area contributed by atoms with Crippen LogP contribution in [0.2, 0.25) is 5.02 Å². The Morgan fingerprint density at radius 2 is 1.89 bits per heavy atom. The maximum atomic E-state index is 12.7. The quantitative estimate of drug-likeness (QED) is 0.336. The van der Waals surface area contributed by atoms with Gasteiger partial charge in [0.15, 0.2) is 0 Å². The number of piperazine rings is 1. The van der Waals surface area contributed by atoms with E-state index in [9.17, 15) is 4.79 Å². The number of anilines is 1. The molecule has 4 aromatic rings. The molecule has 9 heteroatoms. The molecule has 2 aromatic carbocycles. The highest BCUT2D eigenvalue weighted by molar-refractivity contribution is 7.13. The van der Waals surface area contributed by atoms with Gasteiger partial charge in [0.2, 0.25) is 0 Å². The maximum absolute atomic E-state index is 12.7. The van der Waals surface area contributed by atoms with E-state index in [1.807, 2.05) is 30.5 Å². The number of nitrogens with zero attached hydrogens (tertiary/aromatic N) is 4. The van der Waals surface area contributed by atoms with Crippen LogP contribution in [0.1, 0.15) is 18.2 Å². The van der Waals surface area contributed by atoms with Crippen molar-refractivity contribution in [2.75, 3.05) is 38.5 Å². The second-order valence-corrected chi connectivity index (χ2v) is 10.5. The second-order valence-electron chi connectivity index (χ2n) is 9.22. The van der Waals surface area contributed by atoms with Crippen LogP contribution < -0.4 is 10.6 Å². The molecular formula is C27H31ClN6OS. The summed E-state index contributed by atoms with van der Waals surface area (Å²) in [5, 5.41) is 10.8. The van der Waals surface area contributed by atoms with Crippen LogP contribution in [0.4, 0.5) is 10.5 Å². The number of benzene rings is 2. The molecule has 1 aliphatic rings. The molecule has 0 radical (unpaired) electrons. The van der Waals surface area contributed by atoms with Crippen molar-refractivity contribution >= 4 is 45.6 Å². The predicted octanol–water partition coefficient (Wildman–Crippen LogP) is 5.51. The molecular weight excluding hydrogens is 492 g/mol. The van der Waals surface area contributed by atoms with Crippen molar-refractivity contribution in [3.63, 3.8) is 0 Å². The van der Waals surface area contributed by atoms with Crippen LogP contribution in [0.5, 0.6) is 0 Å². The summed E-state index contributed by atoms with van der Waals surface area (Å²) in [6.45, 7) is 8.59. The van der Waals surface area contributed by atoms with Crippen molar-refractivity contribution in [2.24, 2.45) is 0 Å². The average Bonchev–Trinajstić information content (AvgIpc) is 3.49. The molecule has 1 fully saturated rings. The van der Waals surface area contributed by atoms with E-state index in [2.05, 4.69) is 62.6 Å². The number of carbonyl (C=O) groups is 1. The number of hydrogen-bond donors (Lipinski definition) is 2. The van der Waals surface area contributed by atoms with Gasteiger partial charge in [0.25, 0.3) is 0 Å². The summed E-state index contributed by atoms with van der Waals surface area (Å²) < 4.78 is 2.15.